The number of carbonyl (C=O) groups is 2. The fraction of sp³-hybridized carbons (Fsp3) is 0.400. The number of amides is 2. The van der Waals surface area contributed by atoms with Crippen LogP contribution in [0.15, 0.2) is 23.2 Å². The van der Waals surface area contributed by atoms with Crippen LogP contribution in [0.5, 0.6) is 5.75 Å². The number of hydrogen-bond acceptors (Lipinski definition) is 6. The molecule has 8 heteroatoms. The van der Waals surface area contributed by atoms with Crippen molar-refractivity contribution in [3.63, 3.8) is 0 Å². The zero-order valence-corrected chi connectivity index (χ0v) is 12.5. The minimum atomic E-state index is -0.627. The number of ether oxygens (including phenoxy) is 1. The highest BCUT2D eigenvalue weighted by Gasteiger charge is 2.39. The Labute approximate surface area is 132 Å². The fourth-order valence-electron chi connectivity index (χ4n) is 2.66. The highest BCUT2D eigenvalue weighted by atomic mass is 16.5. The van der Waals surface area contributed by atoms with Crippen molar-refractivity contribution in [2.24, 2.45) is 10.7 Å². The first-order chi connectivity index (χ1) is 11.1. The van der Waals surface area contributed by atoms with E-state index >= 15 is 0 Å². The van der Waals surface area contributed by atoms with Gasteiger partial charge in [0.2, 0.25) is 17.8 Å². The molecular formula is C15H18N4O4. The van der Waals surface area contributed by atoms with Crippen molar-refractivity contribution in [2.75, 3.05) is 13.2 Å². The van der Waals surface area contributed by atoms with Crippen molar-refractivity contribution in [1.82, 2.24) is 10.2 Å². The van der Waals surface area contributed by atoms with Crippen molar-refractivity contribution in [3.8, 4) is 5.75 Å². The van der Waals surface area contributed by atoms with Gasteiger partial charge in [0.05, 0.1) is 18.7 Å². The molecule has 0 aliphatic carbocycles. The summed E-state index contributed by atoms with van der Waals surface area (Å²) in [5.41, 5.74) is 6.88. The van der Waals surface area contributed by atoms with Gasteiger partial charge in [-0.2, -0.15) is 0 Å². The normalized spacial score (nSPS) is 18.8. The van der Waals surface area contributed by atoms with E-state index in [2.05, 4.69) is 10.3 Å². The third-order valence-corrected chi connectivity index (χ3v) is 3.77. The van der Waals surface area contributed by atoms with Gasteiger partial charge in [0.1, 0.15) is 11.8 Å². The number of fused-ring (bicyclic) bond motifs is 2. The molecule has 0 saturated carbocycles. The summed E-state index contributed by atoms with van der Waals surface area (Å²) in [6, 6.07) is 4.85. The van der Waals surface area contributed by atoms with Crippen LogP contribution in [0.2, 0.25) is 0 Å². The molecule has 2 heterocycles. The van der Waals surface area contributed by atoms with Crippen molar-refractivity contribution in [3.05, 3.63) is 23.8 Å². The Balaban J connectivity index is 1.80. The second-order valence-corrected chi connectivity index (χ2v) is 5.45. The van der Waals surface area contributed by atoms with Gasteiger partial charge in [0.15, 0.2) is 0 Å². The van der Waals surface area contributed by atoms with E-state index in [0.29, 0.717) is 31.3 Å². The van der Waals surface area contributed by atoms with Gasteiger partial charge in [-0.3, -0.25) is 14.9 Å². The summed E-state index contributed by atoms with van der Waals surface area (Å²) in [5, 5.41) is 11.5. The molecule has 1 saturated heterocycles. The summed E-state index contributed by atoms with van der Waals surface area (Å²) < 4.78 is 5.55. The number of aliphatic hydroxyl groups excluding tert-OH is 1. The molecule has 23 heavy (non-hydrogen) atoms. The number of nitrogens with two attached hydrogens (primary N) is 1. The third-order valence-electron chi connectivity index (χ3n) is 3.77. The zero-order chi connectivity index (χ0) is 16.4. The zero-order valence-electron chi connectivity index (χ0n) is 12.5. The monoisotopic (exact) mass is 318 g/mol. The molecule has 0 radical (unpaired) electrons. The number of aliphatic imine (C=N–C) groups is 1. The van der Waals surface area contributed by atoms with Crippen molar-refractivity contribution >= 4 is 23.5 Å². The predicted molar refractivity (Wildman–Crippen MR) is 82.0 cm³/mol. The molecule has 1 fully saturated rings. The number of guanidine groups is 1. The molecule has 0 bridgehead atoms. The molecule has 1 atom stereocenters. The minimum absolute atomic E-state index is 0.0487. The number of benzene rings is 1. The van der Waals surface area contributed by atoms with E-state index < -0.39 is 11.9 Å². The van der Waals surface area contributed by atoms with Gasteiger partial charge in [-0.05, 0) is 18.2 Å². The van der Waals surface area contributed by atoms with Gasteiger partial charge >= 0.3 is 0 Å². The molecule has 2 amide bonds. The van der Waals surface area contributed by atoms with E-state index in [4.69, 9.17) is 15.6 Å². The first-order valence-corrected chi connectivity index (χ1v) is 7.39. The Bertz CT molecular complexity index is 673. The number of carbonyl (C=O) groups excluding carboxylic acids is 2. The van der Waals surface area contributed by atoms with Crippen molar-refractivity contribution < 1.29 is 19.4 Å². The smallest absolute Gasteiger partial charge is 0.250 e. The molecule has 1 aromatic carbocycles. The van der Waals surface area contributed by atoms with E-state index in [1.165, 1.54) is 0 Å². The van der Waals surface area contributed by atoms with Crippen LogP contribution >= 0.6 is 0 Å². The maximum atomic E-state index is 12.0. The van der Waals surface area contributed by atoms with E-state index in [-0.39, 0.29) is 18.9 Å². The molecule has 8 nitrogen and oxygen atoms in total. The summed E-state index contributed by atoms with van der Waals surface area (Å²) in [6.45, 7) is 0.953. The maximum absolute atomic E-state index is 12.0. The Morgan fingerprint density at radius 2 is 2.35 bits per heavy atom. The number of nitrogens with one attached hydrogen (secondary N) is 1. The van der Waals surface area contributed by atoms with Crippen LogP contribution in [0.25, 0.3) is 0 Å². The van der Waals surface area contributed by atoms with Crippen LogP contribution in [0.1, 0.15) is 18.4 Å². The SMILES string of the molecule is NC(=O)CC1C(=O)NC2=Nc3ccc(OCCCO)cc3CN21. The predicted octanol–water partition coefficient (Wildman–Crippen LogP) is -0.375. The largest absolute Gasteiger partial charge is 0.493 e. The van der Waals surface area contributed by atoms with Gasteiger partial charge in [0.25, 0.3) is 0 Å². The van der Waals surface area contributed by atoms with Crippen LogP contribution in [-0.4, -0.2) is 47.0 Å². The van der Waals surface area contributed by atoms with Crippen LogP contribution < -0.4 is 15.8 Å². The second kappa shape index (κ2) is 6.25. The topological polar surface area (TPSA) is 117 Å². The maximum Gasteiger partial charge on any atom is 0.250 e. The lowest BCUT2D eigenvalue weighted by Crippen LogP contribution is -2.39. The van der Waals surface area contributed by atoms with E-state index in [1.54, 1.807) is 11.0 Å². The Morgan fingerprint density at radius 3 is 3.09 bits per heavy atom. The summed E-state index contributed by atoms with van der Waals surface area (Å²) in [7, 11) is 0. The molecule has 1 aromatic rings. The van der Waals surface area contributed by atoms with Gasteiger partial charge < -0.3 is 20.5 Å². The average molecular weight is 318 g/mol. The lowest BCUT2D eigenvalue weighted by atomic mass is 10.1. The first kappa shape index (κ1) is 15.3. The standard InChI is InChI=1S/C15H18N4O4/c16-13(21)7-12-14(22)18-15-17-11-3-2-10(23-5-1-4-20)6-9(11)8-19(12)15/h2-3,6,12,20H,1,4-5,7-8H2,(H2,16,21)(H,17,18,22). The molecule has 3 rings (SSSR count). The minimum Gasteiger partial charge on any atom is -0.493 e. The first-order valence-electron chi connectivity index (χ1n) is 7.39. The summed E-state index contributed by atoms with van der Waals surface area (Å²) in [5.74, 6) is 0.330. The van der Waals surface area contributed by atoms with Gasteiger partial charge in [-0.15, -0.1) is 0 Å². The van der Waals surface area contributed by atoms with Crippen LogP contribution in [0, 0.1) is 0 Å². The number of primary amides is 1. The second-order valence-electron chi connectivity index (χ2n) is 5.45. The molecule has 2 aliphatic rings. The van der Waals surface area contributed by atoms with E-state index in [9.17, 15) is 9.59 Å². The van der Waals surface area contributed by atoms with Gasteiger partial charge in [-0.1, -0.05) is 0 Å². The van der Waals surface area contributed by atoms with E-state index in [0.717, 1.165) is 11.3 Å². The number of aliphatic hydroxyl groups is 1. The van der Waals surface area contributed by atoms with Gasteiger partial charge in [0, 0.05) is 25.1 Å². The van der Waals surface area contributed by atoms with Crippen LogP contribution in [-0.2, 0) is 16.1 Å². The quantitative estimate of drug-likeness (QED) is 0.618. The lowest BCUT2D eigenvalue weighted by molar-refractivity contribution is -0.126. The highest BCUT2D eigenvalue weighted by Crippen LogP contribution is 2.32. The summed E-state index contributed by atoms with van der Waals surface area (Å²) in [6.07, 6.45) is 0.511. The van der Waals surface area contributed by atoms with Gasteiger partial charge in [-0.25, -0.2) is 4.99 Å². The molecule has 2 aliphatic heterocycles. The fourth-order valence-corrected chi connectivity index (χ4v) is 2.66. The van der Waals surface area contributed by atoms with Crippen LogP contribution in [0.3, 0.4) is 0 Å². The van der Waals surface area contributed by atoms with Crippen molar-refractivity contribution in [2.45, 2.75) is 25.4 Å². The van der Waals surface area contributed by atoms with Crippen molar-refractivity contribution in [1.29, 1.82) is 0 Å². The summed E-state index contributed by atoms with van der Waals surface area (Å²) >= 11 is 0. The van der Waals surface area contributed by atoms with Crippen LogP contribution in [0.4, 0.5) is 5.69 Å². The molecular weight excluding hydrogens is 300 g/mol. The number of hydrogen-bond donors (Lipinski definition) is 3. The number of nitrogens with zero attached hydrogens (tertiary/aromatic N) is 2. The number of rotatable bonds is 6. The average Bonchev–Trinajstić information content (AvgIpc) is 2.80. The molecule has 0 aromatic heterocycles. The molecule has 4 N–H and O–H groups in total. The Morgan fingerprint density at radius 1 is 1.52 bits per heavy atom. The summed E-state index contributed by atoms with van der Waals surface area (Å²) in [4.78, 5) is 29.3. The lowest BCUT2D eigenvalue weighted by Gasteiger charge is -2.27. The third kappa shape index (κ3) is 3.11. The molecule has 1 unspecified atom stereocenters. The molecule has 0 spiro atoms. The Hall–Kier alpha value is -2.61. The van der Waals surface area contributed by atoms with E-state index in [1.807, 2.05) is 12.1 Å². The molecule has 122 valence electrons. The highest BCUT2D eigenvalue weighted by molar-refractivity contribution is 6.09. The Kier molecular flexibility index (Phi) is 4.16.